The number of benzene rings is 1. The number of alkyl halides is 3. The van der Waals surface area contributed by atoms with Crippen molar-refractivity contribution in [3.63, 3.8) is 0 Å². The number of hydrogen-bond donors (Lipinski definition) is 0. The zero-order chi connectivity index (χ0) is 15.5. The summed E-state index contributed by atoms with van der Waals surface area (Å²) in [5.74, 6) is 0.805. The first-order valence-corrected chi connectivity index (χ1v) is 8.06. The van der Waals surface area contributed by atoms with Crippen LogP contribution in [-0.4, -0.2) is 23.1 Å². The predicted octanol–water partition coefficient (Wildman–Crippen LogP) is 4.47. The molecule has 21 heavy (non-hydrogen) atoms. The Labute approximate surface area is 126 Å². The molecule has 0 bridgehead atoms. The molecule has 0 aliphatic carbocycles. The largest absolute Gasteiger partial charge is 0.416 e. The average molecular weight is 317 g/mol. The molecule has 1 aliphatic rings. The summed E-state index contributed by atoms with van der Waals surface area (Å²) in [6.07, 6.45) is -1.93. The third-order valence-electron chi connectivity index (χ3n) is 3.47. The predicted molar refractivity (Wildman–Crippen MR) is 77.9 cm³/mol. The van der Waals surface area contributed by atoms with Gasteiger partial charge in [-0.3, -0.25) is 4.79 Å². The van der Waals surface area contributed by atoms with Gasteiger partial charge in [0, 0.05) is 18.7 Å². The van der Waals surface area contributed by atoms with Crippen LogP contribution in [0.3, 0.4) is 0 Å². The van der Waals surface area contributed by atoms with Gasteiger partial charge in [0.1, 0.15) is 5.37 Å². The van der Waals surface area contributed by atoms with Gasteiger partial charge in [0.25, 0.3) is 0 Å². The minimum Gasteiger partial charge on any atom is -0.327 e. The number of thioether (sulfide) groups is 1. The zero-order valence-corrected chi connectivity index (χ0v) is 12.6. The molecule has 0 aromatic heterocycles. The normalized spacial score (nSPS) is 19.9. The third-order valence-corrected chi connectivity index (χ3v) is 4.75. The number of unbranched alkanes of at least 4 members (excludes halogenated alkanes) is 1. The molecular weight excluding hydrogens is 299 g/mol. The molecule has 1 unspecified atom stereocenters. The van der Waals surface area contributed by atoms with Crippen LogP contribution in [0.1, 0.15) is 42.7 Å². The summed E-state index contributed by atoms with van der Waals surface area (Å²) >= 11 is 1.62. The minimum atomic E-state index is -4.32. The molecule has 0 radical (unpaired) electrons. The van der Waals surface area contributed by atoms with Crippen molar-refractivity contribution in [2.75, 3.05) is 12.3 Å². The molecule has 116 valence electrons. The second-order valence-corrected chi connectivity index (χ2v) is 6.22. The fraction of sp³-hybridized carbons (Fsp3) is 0.533. The van der Waals surface area contributed by atoms with Crippen LogP contribution in [0.5, 0.6) is 0 Å². The van der Waals surface area contributed by atoms with Gasteiger partial charge in [0.05, 0.1) is 5.56 Å². The summed E-state index contributed by atoms with van der Waals surface area (Å²) in [7, 11) is 0. The van der Waals surface area contributed by atoms with Crippen molar-refractivity contribution in [2.24, 2.45) is 0 Å². The van der Waals surface area contributed by atoms with E-state index in [2.05, 4.69) is 6.92 Å². The molecule has 1 atom stereocenters. The lowest BCUT2D eigenvalue weighted by Gasteiger charge is -2.35. The van der Waals surface area contributed by atoms with Crippen molar-refractivity contribution < 1.29 is 18.0 Å². The summed E-state index contributed by atoms with van der Waals surface area (Å²) in [4.78, 5) is 13.8. The van der Waals surface area contributed by atoms with Gasteiger partial charge in [-0.15, -0.1) is 11.8 Å². The molecule has 0 spiro atoms. The van der Waals surface area contributed by atoms with E-state index in [4.69, 9.17) is 0 Å². The summed E-state index contributed by atoms with van der Waals surface area (Å²) in [6, 6.07) is 5.15. The highest BCUT2D eigenvalue weighted by Gasteiger charge is 2.32. The summed E-state index contributed by atoms with van der Waals surface area (Å²) in [5, 5.41) is -0.167. The van der Waals surface area contributed by atoms with Gasteiger partial charge in [-0.2, -0.15) is 13.2 Å². The van der Waals surface area contributed by atoms with Crippen LogP contribution >= 0.6 is 11.8 Å². The van der Waals surface area contributed by atoms with Crippen molar-refractivity contribution in [1.29, 1.82) is 0 Å². The van der Waals surface area contributed by atoms with E-state index < -0.39 is 11.7 Å². The molecule has 0 N–H and O–H groups in total. The van der Waals surface area contributed by atoms with Gasteiger partial charge in [-0.1, -0.05) is 25.5 Å². The lowest BCUT2D eigenvalue weighted by Crippen LogP contribution is -2.37. The molecule has 2 rings (SSSR count). The van der Waals surface area contributed by atoms with Crippen LogP contribution in [0.15, 0.2) is 24.3 Å². The number of rotatable bonds is 4. The number of carbonyl (C=O) groups excluding carboxylic acids is 1. The van der Waals surface area contributed by atoms with E-state index in [1.54, 1.807) is 16.7 Å². The fourth-order valence-electron chi connectivity index (χ4n) is 2.31. The number of hydrogen-bond acceptors (Lipinski definition) is 2. The van der Waals surface area contributed by atoms with Crippen molar-refractivity contribution in [1.82, 2.24) is 4.90 Å². The zero-order valence-electron chi connectivity index (χ0n) is 11.8. The Balaban J connectivity index is 2.19. The lowest BCUT2D eigenvalue weighted by atomic mass is 10.1. The Bertz CT molecular complexity index is 487. The molecule has 1 saturated heterocycles. The van der Waals surface area contributed by atoms with Gasteiger partial charge in [-0.05, 0) is 24.1 Å². The lowest BCUT2D eigenvalue weighted by molar-refractivity contribution is -0.137. The minimum absolute atomic E-state index is 0.0899. The van der Waals surface area contributed by atoms with Crippen LogP contribution in [0.2, 0.25) is 0 Å². The van der Waals surface area contributed by atoms with E-state index in [-0.39, 0.29) is 11.3 Å². The molecular formula is C15H18F3NOS. The monoisotopic (exact) mass is 317 g/mol. The van der Waals surface area contributed by atoms with E-state index in [1.807, 2.05) is 0 Å². The molecule has 2 nitrogen and oxygen atoms in total. The molecule has 1 aliphatic heterocycles. The maximum Gasteiger partial charge on any atom is 0.416 e. The highest BCUT2D eigenvalue weighted by atomic mass is 32.2. The van der Waals surface area contributed by atoms with E-state index in [0.717, 1.165) is 30.5 Å². The maximum absolute atomic E-state index is 12.6. The van der Waals surface area contributed by atoms with Crippen LogP contribution in [0.4, 0.5) is 13.2 Å². The average Bonchev–Trinajstić information content (AvgIpc) is 2.45. The van der Waals surface area contributed by atoms with Crippen LogP contribution in [0, 0.1) is 0 Å². The summed E-state index contributed by atoms with van der Waals surface area (Å²) in [6.45, 7) is 2.71. The highest BCUT2D eigenvalue weighted by Crippen LogP contribution is 2.38. The molecule has 0 saturated carbocycles. The maximum atomic E-state index is 12.6. The first-order valence-electron chi connectivity index (χ1n) is 7.01. The first-order chi connectivity index (χ1) is 9.93. The molecule has 1 fully saturated rings. The van der Waals surface area contributed by atoms with E-state index in [9.17, 15) is 18.0 Å². The van der Waals surface area contributed by atoms with Gasteiger partial charge < -0.3 is 4.90 Å². The summed E-state index contributed by atoms with van der Waals surface area (Å²) in [5.41, 5.74) is 0.107. The number of amides is 1. The van der Waals surface area contributed by atoms with Crippen molar-refractivity contribution >= 4 is 17.7 Å². The fourth-order valence-corrected chi connectivity index (χ4v) is 3.57. The van der Waals surface area contributed by atoms with Gasteiger partial charge in [-0.25, -0.2) is 0 Å². The van der Waals surface area contributed by atoms with E-state index in [0.29, 0.717) is 18.7 Å². The standard InChI is InChI=1S/C15H18F3NOS/c1-2-3-9-19-13(20)8-10-21-14(19)11-4-6-12(7-5-11)15(16,17)18/h4-7,14H,2-3,8-10H2,1H3. The van der Waals surface area contributed by atoms with Gasteiger partial charge >= 0.3 is 6.18 Å². The number of halogens is 3. The van der Waals surface area contributed by atoms with E-state index in [1.165, 1.54) is 12.1 Å². The molecule has 1 heterocycles. The highest BCUT2D eigenvalue weighted by molar-refractivity contribution is 7.99. The number of nitrogens with zero attached hydrogens (tertiary/aromatic N) is 1. The Morgan fingerprint density at radius 2 is 1.95 bits per heavy atom. The van der Waals surface area contributed by atoms with Gasteiger partial charge in [0.15, 0.2) is 0 Å². The Morgan fingerprint density at radius 3 is 2.52 bits per heavy atom. The molecule has 1 aromatic rings. The Kier molecular flexibility index (Phi) is 5.19. The Hall–Kier alpha value is -1.17. The SMILES string of the molecule is CCCCN1C(=O)CCSC1c1ccc(C(F)(F)F)cc1. The first kappa shape index (κ1) is 16.2. The Morgan fingerprint density at radius 1 is 1.29 bits per heavy atom. The van der Waals surface area contributed by atoms with Crippen molar-refractivity contribution in [3.05, 3.63) is 35.4 Å². The van der Waals surface area contributed by atoms with Crippen molar-refractivity contribution in [2.45, 2.75) is 37.7 Å². The quantitative estimate of drug-likeness (QED) is 0.816. The van der Waals surface area contributed by atoms with E-state index >= 15 is 0 Å². The van der Waals surface area contributed by atoms with Gasteiger partial charge in [0.2, 0.25) is 5.91 Å². The topological polar surface area (TPSA) is 20.3 Å². The molecule has 1 aromatic carbocycles. The van der Waals surface area contributed by atoms with Crippen LogP contribution in [0.25, 0.3) is 0 Å². The van der Waals surface area contributed by atoms with Crippen LogP contribution in [-0.2, 0) is 11.0 Å². The third kappa shape index (κ3) is 3.93. The summed E-state index contributed by atoms with van der Waals surface area (Å²) < 4.78 is 37.8. The molecule has 6 heteroatoms. The molecule has 1 amide bonds. The van der Waals surface area contributed by atoms with Crippen LogP contribution < -0.4 is 0 Å². The second-order valence-electron chi connectivity index (χ2n) is 5.03. The van der Waals surface area contributed by atoms with Crippen molar-refractivity contribution in [3.8, 4) is 0 Å². The number of carbonyl (C=O) groups is 1. The smallest absolute Gasteiger partial charge is 0.327 e. The second kappa shape index (κ2) is 6.73.